The molecule has 0 saturated heterocycles. The van der Waals surface area contributed by atoms with Crippen LogP contribution in [0.2, 0.25) is 0 Å². The zero-order valence-electron chi connectivity index (χ0n) is 17.2. The molecule has 0 radical (unpaired) electrons. The van der Waals surface area contributed by atoms with Gasteiger partial charge in [0, 0.05) is 10.7 Å². The highest BCUT2D eigenvalue weighted by Gasteiger charge is 2.28. The summed E-state index contributed by atoms with van der Waals surface area (Å²) >= 11 is 3.54. The van der Waals surface area contributed by atoms with Crippen molar-refractivity contribution in [3.63, 3.8) is 0 Å². The van der Waals surface area contributed by atoms with Gasteiger partial charge in [0.25, 0.3) is 0 Å². The first-order valence-electron chi connectivity index (χ1n) is 10.1. The van der Waals surface area contributed by atoms with Crippen LogP contribution in [0.15, 0.2) is 0 Å². The molecule has 7 nitrogen and oxygen atoms in total. The molecule has 162 valence electrons. The fraction of sp³-hybridized carbons (Fsp3) is 0.800. The van der Waals surface area contributed by atoms with Crippen LogP contribution in [0.1, 0.15) is 72.1 Å². The van der Waals surface area contributed by atoms with Gasteiger partial charge in [0.15, 0.2) is 0 Å². The van der Waals surface area contributed by atoms with Crippen molar-refractivity contribution in [3.05, 3.63) is 0 Å². The van der Waals surface area contributed by atoms with Crippen molar-refractivity contribution in [1.29, 1.82) is 0 Å². The molecule has 0 aromatic heterocycles. The van der Waals surface area contributed by atoms with Crippen molar-refractivity contribution in [2.45, 2.75) is 77.0 Å². The molecule has 0 heterocycles. The van der Waals surface area contributed by atoms with Crippen LogP contribution >= 0.6 is 15.9 Å². The van der Waals surface area contributed by atoms with Gasteiger partial charge >= 0.3 is 17.9 Å². The molecule has 0 atom stereocenters. The zero-order chi connectivity index (χ0) is 21.4. The first-order chi connectivity index (χ1) is 13.4. The van der Waals surface area contributed by atoms with E-state index in [0.29, 0.717) is 0 Å². The van der Waals surface area contributed by atoms with Crippen LogP contribution in [-0.2, 0) is 33.4 Å². The lowest BCUT2D eigenvalue weighted by molar-refractivity contribution is -0.167. The average Bonchev–Trinajstić information content (AvgIpc) is 3.36. The second kappa shape index (κ2) is 16.5. The maximum atomic E-state index is 11.3. The molecule has 0 spiro atoms. The maximum Gasteiger partial charge on any atom is 0.417 e. The molecule has 0 unspecified atom stereocenters. The molecule has 0 bridgehead atoms. The summed E-state index contributed by atoms with van der Waals surface area (Å²) in [5.74, 6) is -2.88. The summed E-state index contributed by atoms with van der Waals surface area (Å²) in [5, 5.41) is 0. The third-order valence-corrected chi connectivity index (χ3v) is 5.12. The van der Waals surface area contributed by atoms with Gasteiger partial charge in [-0.15, -0.1) is 0 Å². The zero-order valence-corrected chi connectivity index (χ0v) is 18.8. The van der Waals surface area contributed by atoms with E-state index in [4.69, 9.17) is 0 Å². The van der Waals surface area contributed by atoms with Crippen LogP contribution in [0.4, 0.5) is 0 Å². The Bertz CT molecular complexity index is 465. The van der Waals surface area contributed by atoms with Gasteiger partial charge in [-0.25, -0.2) is 14.4 Å². The number of esters is 3. The predicted molar refractivity (Wildman–Crippen MR) is 108 cm³/mol. The molecule has 2 aliphatic carbocycles. The van der Waals surface area contributed by atoms with Crippen LogP contribution < -0.4 is 0 Å². The minimum atomic E-state index is -0.927. The molecule has 2 fully saturated rings. The molecule has 0 aromatic rings. The van der Waals surface area contributed by atoms with E-state index in [1.54, 1.807) is 20.8 Å². The van der Waals surface area contributed by atoms with Gasteiger partial charge in [-0.2, -0.15) is 0 Å². The van der Waals surface area contributed by atoms with Crippen molar-refractivity contribution in [1.82, 2.24) is 0 Å². The monoisotopic (exact) mass is 464 g/mol. The van der Waals surface area contributed by atoms with E-state index in [1.807, 2.05) is 0 Å². The number of hydrogen-bond acceptors (Lipinski definition) is 7. The normalized spacial score (nSPS) is 16.1. The van der Waals surface area contributed by atoms with Gasteiger partial charge in [0.1, 0.15) is 0 Å². The highest BCUT2D eigenvalue weighted by molar-refractivity contribution is 9.09. The molecule has 2 aliphatic rings. The standard InChI is InChI=1S/C9H14O3.C6H10O4.C5H9Br/c1-2-12-9(11)8(10)7-5-3-4-6-7;1-3-9-5(7)6(8)10-4-2;6-5-3-1-2-4-5/h7H,2-6H2,1H3;3-4H2,1-2H3;5H,1-4H2. The van der Waals surface area contributed by atoms with Crippen LogP contribution in [0, 0.1) is 5.92 Å². The lowest BCUT2D eigenvalue weighted by Gasteiger charge is -2.05. The van der Waals surface area contributed by atoms with Crippen LogP contribution in [-0.4, -0.2) is 48.3 Å². The largest absolute Gasteiger partial charge is 0.460 e. The summed E-state index contributed by atoms with van der Waals surface area (Å²) < 4.78 is 13.3. The summed E-state index contributed by atoms with van der Waals surface area (Å²) in [5.41, 5.74) is 0. The van der Waals surface area contributed by atoms with Crippen LogP contribution in [0.3, 0.4) is 0 Å². The van der Waals surface area contributed by atoms with Gasteiger partial charge in [-0.1, -0.05) is 41.6 Å². The van der Waals surface area contributed by atoms with Crippen molar-refractivity contribution >= 4 is 39.6 Å². The molecule has 0 aliphatic heterocycles. The number of halogens is 1. The quantitative estimate of drug-likeness (QED) is 0.264. The summed E-state index contributed by atoms with van der Waals surface area (Å²) in [6.45, 7) is 5.63. The second-order valence-electron chi connectivity index (χ2n) is 6.39. The van der Waals surface area contributed by atoms with Gasteiger partial charge in [-0.05, 0) is 46.5 Å². The number of ether oxygens (including phenoxy) is 3. The summed E-state index contributed by atoms with van der Waals surface area (Å²) in [4.78, 5) is 44.0. The highest BCUT2D eigenvalue weighted by Crippen LogP contribution is 2.25. The fourth-order valence-corrected chi connectivity index (χ4v) is 3.46. The Morgan fingerprint density at radius 3 is 1.36 bits per heavy atom. The lowest BCUT2D eigenvalue weighted by Crippen LogP contribution is -2.23. The Kier molecular flexibility index (Phi) is 15.7. The Hall–Kier alpha value is -1.44. The molecule has 28 heavy (non-hydrogen) atoms. The smallest absolute Gasteiger partial charge is 0.417 e. The fourth-order valence-electron chi connectivity index (χ4n) is 2.81. The number of rotatable bonds is 5. The first-order valence-corrected chi connectivity index (χ1v) is 11.0. The lowest BCUT2D eigenvalue weighted by atomic mass is 10.0. The van der Waals surface area contributed by atoms with Gasteiger partial charge in [0.2, 0.25) is 5.78 Å². The van der Waals surface area contributed by atoms with E-state index in [9.17, 15) is 19.2 Å². The van der Waals surface area contributed by atoms with E-state index in [-0.39, 0.29) is 31.5 Å². The number of hydrogen-bond donors (Lipinski definition) is 0. The van der Waals surface area contributed by atoms with Crippen molar-refractivity contribution in [2.24, 2.45) is 5.92 Å². The number of ketones is 1. The van der Waals surface area contributed by atoms with E-state index < -0.39 is 17.9 Å². The highest BCUT2D eigenvalue weighted by atomic mass is 79.9. The Morgan fingerprint density at radius 2 is 1.04 bits per heavy atom. The Morgan fingerprint density at radius 1 is 0.679 bits per heavy atom. The van der Waals surface area contributed by atoms with Crippen molar-refractivity contribution < 1.29 is 33.4 Å². The van der Waals surface area contributed by atoms with Crippen molar-refractivity contribution in [2.75, 3.05) is 19.8 Å². The van der Waals surface area contributed by atoms with Crippen molar-refractivity contribution in [3.8, 4) is 0 Å². The van der Waals surface area contributed by atoms with Crippen LogP contribution in [0.5, 0.6) is 0 Å². The molecular formula is C20H33BrO7. The SMILES string of the molecule is BrC1CCCC1.CCOC(=O)C(=O)C1CCCC1.CCOC(=O)C(=O)OCC. The maximum absolute atomic E-state index is 11.3. The Labute approximate surface area is 176 Å². The number of carbonyl (C=O) groups is 4. The molecule has 0 aromatic carbocycles. The predicted octanol–water partition coefficient (Wildman–Crippen LogP) is 3.75. The number of carbonyl (C=O) groups excluding carboxylic acids is 4. The Balaban J connectivity index is 0.000000411. The minimum absolute atomic E-state index is 0.0518. The molecule has 0 amide bonds. The number of Topliss-reactive ketones (excluding diaryl/α,β-unsaturated/α-hetero) is 1. The van der Waals surface area contributed by atoms with Gasteiger partial charge in [-0.3, -0.25) is 4.79 Å². The molecule has 8 heteroatoms. The van der Waals surface area contributed by atoms with Gasteiger partial charge in [0.05, 0.1) is 19.8 Å². The third kappa shape index (κ3) is 12.1. The number of alkyl halides is 1. The van der Waals surface area contributed by atoms with E-state index in [0.717, 1.165) is 30.5 Å². The summed E-state index contributed by atoms with van der Waals surface area (Å²) in [6.07, 6.45) is 9.53. The van der Waals surface area contributed by atoms with Gasteiger partial charge < -0.3 is 14.2 Å². The average molecular weight is 465 g/mol. The second-order valence-corrected chi connectivity index (χ2v) is 7.68. The molecule has 2 rings (SSSR count). The van der Waals surface area contributed by atoms with E-state index >= 15 is 0 Å². The summed E-state index contributed by atoms with van der Waals surface area (Å²) in [7, 11) is 0. The minimum Gasteiger partial charge on any atom is -0.460 e. The van der Waals surface area contributed by atoms with E-state index in [1.165, 1.54) is 25.7 Å². The topological polar surface area (TPSA) is 96.0 Å². The summed E-state index contributed by atoms with van der Waals surface area (Å²) in [6, 6.07) is 0. The van der Waals surface area contributed by atoms with Crippen LogP contribution in [0.25, 0.3) is 0 Å². The molecule has 2 saturated carbocycles. The van der Waals surface area contributed by atoms with E-state index in [2.05, 4.69) is 30.1 Å². The molecular weight excluding hydrogens is 432 g/mol. The first kappa shape index (κ1) is 26.6. The molecule has 0 N–H and O–H groups in total. The third-order valence-electron chi connectivity index (χ3n) is 4.20.